The number of anilines is 1. The van der Waals surface area contributed by atoms with Gasteiger partial charge in [0.25, 0.3) is 0 Å². The molecule has 0 saturated carbocycles. The number of fused-ring (bicyclic) bond motifs is 1. The van der Waals surface area contributed by atoms with Crippen molar-refractivity contribution in [1.29, 1.82) is 0 Å². The molecule has 5 heteroatoms. The molecule has 4 rings (SSSR count). The van der Waals surface area contributed by atoms with E-state index in [0.717, 1.165) is 24.1 Å². The maximum atomic E-state index is 13.0. The van der Waals surface area contributed by atoms with Gasteiger partial charge in [0.15, 0.2) is 8.32 Å². The molecule has 0 unspecified atom stereocenters. The Morgan fingerprint density at radius 1 is 1.00 bits per heavy atom. The van der Waals surface area contributed by atoms with Crippen molar-refractivity contribution in [1.82, 2.24) is 0 Å². The van der Waals surface area contributed by atoms with Crippen molar-refractivity contribution in [3.8, 4) is 0 Å². The number of rotatable bonds is 8. The molecule has 196 valence electrons. The van der Waals surface area contributed by atoms with E-state index in [1.807, 2.05) is 19.1 Å². The third kappa shape index (κ3) is 5.68. The number of benzene rings is 2. The Morgan fingerprint density at radius 2 is 1.59 bits per heavy atom. The van der Waals surface area contributed by atoms with Gasteiger partial charge in [0, 0.05) is 12.1 Å². The van der Waals surface area contributed by atoms with Gasteiger partial charge in [-0.1, -0.05) is 101 Å². The van der Waals surface area contributed by atoms with E-state index in [2.05, 4.69) is 112 Å². The van der Waals surface area contributed by atoms with E-state index in [1.165, 1.54) is 5.56 Å². The lowest BCUT2D eigenvalue weighted by Gasteiger charge is -2.48. The first-order valence-corrected chi connectivity index (χ1v) is 16.3. The molecule has 3 atom stereocenters. The average molecular weight is 516 g/mol. The molecule has 2 heterocycles. The quantitative estimate of drug-likeness (QED) is 0.282. The molecule has 0 N–H and O–H groups in total. The van der Waals surface area contributed by atoms with Gasteiger partial charge in [-0.05, 0) is 48.7 Å². The number of aryl methyl sites for hydroxylation is 1. The average Bonchev–Trinajstić information content (AvgIpc) is 2.85. The molecule has 0 saturated heterocycles. The first-order chi connectivity index (χ1) is 17.5. The highest BCUT2D eigenvalue weighted by Gasteiger charge is 2.44. The smallest absolute Gasteiger partial charge is 0.345 e. The third-order valence-electron chi connectivity index (χ3n) is 7.88. The van der Waals surface area contributed by atoms with Crippen molar-refractivity contribution in [2.24, 2.45) is 0 Å². The summed E-state index contributed by atoms with van der Waals surface area (Å²) in [6, 6.07) is 23.2. The molecular formula is C32H41NO3Si. The van der Waals surface area contributed by atoms with Crippen molar-refractivity contribution in [3.63, 3.8) is 0 Å². The topological polar surface area (TPSA) is 42.7 Å². The standard InChI is InChI=1S/C32H41NO3Si/c1-8-15-26-20-21-27-28(22-23(2)35-31(27)34)33(26)29(24-16-11-9-12-17-24)30(25-18-13-10-14-19-25)36-37(6,7)32(3,4)5/h9-14,16-22,26,29-30H,8,15H2,1-7H3/t26-,29-,30+/m0/s1. The van der Waals surface area contributed by atoms with Gasteiger partial charge in [0.05, 0.1) is 23.4 Å². The Kier molecular flexibility index (Phi) is 7.96. The molecule has 0 amide bonds. The van der Waals surface area contributed by atoms with Crippen molar-refractivity contribution in [3.05, 3.63) is 106 Å². The van der Waals surface area contributed by atoms with Crippen LogP contribution >= 0.6 is 0 Å². The molecule has 1 aliphatic heterocycles. The zero-order valence-corrected chi connectivity index (χ0v) is 24.3. The van der Waals surface area contributed by atoms with Crippen molar-refractivity contribution in [2.75, 3.05) is 4.90 Å². The highest BCUT2D eigenvalue weighted by Crippen LogP contribution is 2.48. The van der Waals surface area contributed by atoms with Crippen LogP contribution in [0.5, 0.6) is 0 Å². The summed E-state index contributed by atoms with van der Waals surface area (Å²) in [6.45, 7) is 15.6. The van der Waals surface area contributed by atoms with Gasteiger partial charge in [-0.3, -0.25) is 0 Å². The fourth-order valence-corrected chi connectivity index (χ4v) is 6.17. The van der Waals surface area contributed by atoms with Gasteiger partial charge in [0.1, 0.15) is 5.76 Å². The Balaban J connectivity index is 1.99. The van der Waals surface area contributed by atoms with E-state index in [9.17, 15) is 4.79 Å². The van der Waals surface area contributed by atoms with E-state index >= 15 is 0 Å². The molecule has 4 nitrogen and oxygen atoms in total. The van der Waals surface area contributed by atoms with Gasteiger partial charge < -0.3 is 13.7 Å². The van der Waals surface area contributed by atoms with Gasteiger partial charge in [0.2, 0.25) is 0 Å². The molecule has 0 aliphatic carbocycles. The van der Waals surface area contributed by atoms with Gasteiger partial charge >= 0.3 is 5.63 Å². The summed E-state index contributed by atoms with van der Waals surface area (Å²) in [7, 11) is -2.19. The van der Waals surface area contributed by atoms with Crippen LogP contribution in [0.2, 0.25) is 18.1 Å². The molecule has 0 fully saturated rings. The predicted octanol–water partition coefficient (Wildman–Crippen LogP) is 8.45. The molecule has 1 aromatic heterocycles. The SMILES string of the molecule is CCC[C@H]1C=Cc2c(cc(C)oc2=O)N1[C@@H](c1ccccc1)[C@H](O[Si](C)(C)C(C)(C)C)c1ccccc1. The van der Waals surface area contributed by atoms with E-state index in [4.69, 9.17) is 8.84 Å². The van der Waals surface area contributed by atoms with Gasteiger partial charge in [-0.2, -0.15) is 0 Å². The van der Waals surface area contributed by atoms with Gasteiger partial charge in [-0.15, -0.1) is 0 Å². The summed E-state index contributed by atoms with van der Waals surface area (Å²) in [5, 5.41) is 0.0431. The maximum Gasteiger partial charge on any atom is 0.345 e. The predicted molar refractivity (Wildman–Crippen MR) is 157 cm³/mol. The van der Waals surface area contributed by atoms with Crippen LogP contribution in [0.4, 0.5) is 5.69 Å². The van der Waals surface area contributed by atoms with Crippen LogP contribution in [0.15, 0.2) is 82.0 Å². The summed E-state index contributed by atoms with van der Waals surface area (Å²) in [5.41, 5.74) is 3.55. The highest BCUT2D eigenvalue weighted by atomic mass is 28.4. The Morgan fingerprint density at radius 3 is 2.16 bits per heavy atom. The van der Waals surface area contributed by atoms with Gasteiger partial charge in [-0.25, -0.2) is 4.79 Å². The second-order valence-electron chi connectivity index (χ2n) is 11.6. The number of hydrogen-bond donors (Lipinski definition) is 0. The largest absolute Gasteiger partial charge is 0.428 e. The van der Waals surface area contributed by atoms with Crippen LogP contribution in [0, 0.1) is 6.92 Å². The lowest BCUT2D eigenvalue weighted by Crippen LogP contribution is -2.48. The summed E-state index contributed by atoms with van der Waals surface area (Å²) in [6.07, 6.45) is 5.90. The minimum Gasteiger partial charge on any atom is -0.428 e. The van der Waals surface area contributed by atoms with Crippen molar-refractivity contribution >= 4 is 20.1 Å². The Bertz CT molecular complexity index is 1270. The third-order valence-corrected chi connectivity index (χ3v) is 12.3. The zero-order chi connectivity index (χ0) is 26.8. The maximum absolute atomic E-state index is 13.0. The Labute approximate surface area is 223 Å². The van der Waals surface area contributed by atoms with E-state index in [-0.39, 0.29) is 28.9 Å². The zero-order valence-electron chi connectivity index (χ0n) is 23.3. The Hall–Kier alpha value is -2.89. The van der Waals surface area contributed by atoms with Crippen LogP contribution in [-0.2, 0) is 4.43 Å². The highest BCUT2D eigenvalue weighted by molar-refractivity contribution is 6.74. The number of hydrogen-bond acceptors (Lipinski definition) is 4. The second-order valence-corrected chi connectivity index (χ2v) is 16.4. The fraction of sp³-hybridized carbons (Fsp3) is 0.406. The first-order valence-electron chi connectivity index (χ1n) is 13.4. The summed E-state index contributed by atoms with van der Waals surface area (Å²) in [5.74, 6) is 0.618. The van der Waals surface area contributed by atoms with Crippen LogP contribution in [0.3, 0.4) is 0 Å². The van der Waals surface area contributed by atoms with E-state index < -0.39 is 8.32 Å². The minimum absolute atomic E-state index is 0.0431. The summed E-state index contributed by atoms with van der Waals surface area (Å²) >= 11 is 0. The summed E-state index contributed by atoms with van der Waals surface area (Å²) in [4.78, 5) is 15.4. The van der Waals surface area contributed by atoms with Crippen molar-refractivity contribution in [2.45, 2.75) is 83.8 Å². The van der Waals surface area contributed by atoms with E-state index in [1.54, 1.807) is 0 Å². The first kappa shape index (κ1) is 27.1. The van der Waals surface area contributed by atoms with Crippen LogP contribution < -0.4 is 10.5 Å². The number of nitrogens with zero attached hydrogens (tertiary/aromatic N) is 1. The monoisotopic (exact) mass is 515 g/mol. The lowest BCUT2D eigenvalue weighted by atomic mass is 9.89. The molecule has 3 aromatic rings. The minimum atomic E-state index is -2.19. The van der Waals surface area contributed by atoms with Crippen LogP contribution in [0.25, 0.3) is 6.08 Å². The normalized spacial score (nSPS) is 17.4. The molecule has 0 radical (unpaired) electrons. The fourth-order valence-electron chi connectivity index (χ4n) is 4.92. The molecule has 0 spiro atoms. The summed E-state index contributed by atoms with van der Waals surface area (Å²) < 4.78 is 12.8. The molecule has 1 aliphatic rings. The van der Waals surface area contributed by atoms with Crippen LogP contribution in [0.1, 0.15) is 75.1 Å². The van der Waals surface area contributed by atoms with E-state index in [0.29, 0.717) is 11.3 Å². The second kappa shape index (κ2) is 10.8. The van der Waals surface area contributed by atoms with Crippen LogP contribution in [-0.4, -0.2) is 14.4 Å². The molecule has 37 heavy (non-hydrogen) atoms. The lowest BCUT2D eigenvalue weighted by molar-refractivity contribution is 0.146. The molecule has 2 aromatic carbocycles. The molecule has 0 bridgehead atoms. The molecular weight excluding hydrogens is 474 g/mol. The van der Waals surface area contributed by atoms with Crippen molar-refractivity contribution < 1.29 is 8.84 Å².